The van der Waals surface area contributed by atoms with Gasteiger partial charge in [-0.1, -0.05) is 12.0 Å². The monoisotopic (exact) mass is 488 g/mol. The van der Waals surface area contributed by atoms with Crippen molar-refractivity contribution in [2.24, 2.45) is 0 Å². The van der Waals surface area contributed by atoms with Gasteiger partial charge in [0, 0.05) is 36.6 Å². The normalized spacial score (nSPS) is 18.7. The number of hydrogen-bond acceptors (Lipinski definition) is 5. The molecule has 7 nitrogen and oxygen atoms in total. The number of fused-ring (bicyclic) bond motifs is 1. The average molecular weight is 488 g/mol. The molecule has 184 valence electrons. The Morgan fingerprint density at radius 1 is 1.23 bits per heavy atom. The second kappa shape index (κ2) is 10.3. The number of piperidine rings is 1. The summed E-state index contributed by atoms with van der Waals surface area (Å²) in [4.78, 5) is 17.8. The van der Waals surface area contributed by atoms with Crippen LogP contribution in [0.15, 0.2) is 42.7 Å². The van der Waals surface area contributed by atoms with Gasteiger partial charge in [-0.25, -0.2) is 8.91 Å². The Morgan fingerprint density at radius 2 is 2.00 bits per heavy atom. The van der Waals surface area contributed by atoms with E-state index in [1.807, 2.05) is 11.9 Å². The third-order valence-electron chi connectivity index (χ3n) is 5.70. The summed E-state index contributed by atoms with van der Waals surface area (Å²) in [6.45, 7) is 0.896. The van der Waals surface area contributed by atoms with Gasteiger partial charge in [0.2, 0.25) is 0 Å². The van der Waals surface area contributed by atoms with E-state index in [0.717, 1.165) is 0 Å². The van der Waals surface area contributed by atoms with E-state index in [-0.39, 0.29) is 35.8 Å². The highest BCUT2D eigenvalue weighted by atomic mass is 19.4. The number of alkyl halides is 4. The zero-order chi connectivity index (χ0) is 25.0. The standard InChI is InChI=1S/C24H24F4N6O/c1-33-13-9-20(18(25)15-33)31-22-6-2-5-21-17(14-24(26,27)28)19(32-34(21)22)4-3-10-30-23(35)16-7-11-29-12-8-16/h2,5-8,11-12,18,20,31H,9-10,13-15H2,1H3,(H,30,35)/t18-,20+/m0/s1. The van der Waals surface area contributed by atoms with E-state index in [0.29, 0.717) is 24.3 Å². The van der Waals surface area contributed by atoms with Gasteiger partial charge in [-0.2, -0.15) is 18.3 Å². The zero-order valence-corrected chi connectivity index (χ0v) is 18.9. The molecule has 0 radical (unpaired) electrons. The molecule has 1 aliphatic rings. The molecule has 1 saturated heterocycles. The molecule has 0 saturated carbocycles. The Labute approximate surface area is 199 Å². The second-order valence-electron chi connectivity index (χ2n) is 8.37. The molecule has 3 aromatic heterocycles. The number of pyridine rings is 2. The highest BCUT2D eigenvalue weighted by Crippen LogP contribution is 2.28. The largest absolute Gasteiger partial charge is 0.393 e. The summed E-state index contributed by atoms with van der Waals surface area (Å²) in [5.41, 5.74) is 0.507. The van der Waals surface area contributed by atoms with Crippen LogP contribution in [0.1, 0.15) is 28.0 Å². The first-order valence-electron chi connectivity index (χ1n) is 11.0. The maximum Gasteiger partial charge on any atom is 0.393 e. The molecule has 1 aliphatic heterocycles. The number of halogens is 4. The van der Waals surface area contributed by atoms with Gasteiger partial charge >= 0.3 is 6.18 Å². The van der Waals surface area contributed by atoms with Gasteiger partial charge in [-0.05, 0) is 43.7 Å². The van der Waals surface area contributed by atoms with Crippen molar-refractivity contribution in [3.05, 3.63) is 59.5 Å². The number of hydrogen-bond donors (Lipinski definition) is 2. The van der Waals surface area contributed by atoms with E-state index in [1.165, 1.54) is 35.1 Å². The molecule has 4 rings (SSSR count). The summed E-state index contributed by atoms with van der Waals surface area (Å²) >= 11 is 0. The molecule has 11 heteroatoms. The SMILES string of the molecule is CN1CC[C@@H](Nc2cccc3c(CC(F)(F)F)c(C#CCNC(=O)c4ccncc4)nn23)[C@@H](F)C1. The molecule has 0 spiro atoms. The number of nitrogens with one attached hydrogen (secondary N) is 2. The Kier molecular flexibility index (Phi) is 7.21. The van der Waals surface area contributed by atoms with Crippen molar-refractivity contribution >= 4 is 17.2 Å². The second-order valence-corrected chi connectivity index (χ2v) is 8.37. The van der Waals surface area contributed by atoms with Crippen molar-refractivity contribution < 1.29 is 22.4 Å². The number of nitrogens with zero attached hydrogens (tertiary/aromatic N) is 4. The number of carbonyl (C=O) groups is 1. The van der Waals surface area contributed by atoms with Crippen molar-refractivity contribution in [1.82, 2.24) is 24.8 Å². The molecule has 0 aliphatic carbocycles. The Balaban J connectivity index is 1.59. The summed E-state index contributed by atoms with van der Waals surface area (Å²) in [6.07, 6.45) is -3.32. The predicted molar refractivity (Wildman–Crippen MR) is 123 cm³/mol. The maximum atomic E-state index is 14.5. The van der Waals surface area contributed by atoms with E-state index in [4.69, 9.17) is 0 Å². The number of amides is 1. The predicted octanol–water partition coefficient (Wildman–Crippen LogP) is 3.07. The van der Waals surface area contributed by atoms with Crippen LogP contribution in [0.3, 0.4) is 0 Å². The van der Waals surface area contributed by atoms with Crippen molar-refractivity contribution in [2.45, 2.75) is 31.2 Å². The first kappa shape index (κ1) is 24.5. The number of rotatable bonds is 5. The van der Waals surface area contributed by atoms with Crippen LogP contribution >= 0.6 is 0 Å². The maximum absolute atomic E-state index is 14.5. The average Bonchev–Trinajstić information content (AvgIpc) is 3.15. The Hall–Kier alpha value is -3.65. The van der Waals surface area contributed by atoms with Crippen LogP contribution in [0.2, 0.25) is 0 Å². The van der Waals surface area contributed by atoms with Crippen molar-refractivity contribution in [3.8, 4) is 11.8 Å². The number of carbonyl (C=O) groups excluding carboxylic acids is 1. The quantitative estimate of drug-likeness (QED) is 0.427. The van der Waals surface area contributed by atoms with Crippen LogP contribution in [0.5, 0.6) is 0 Å². The van der Waals surface area contributed by atoms with Crippen LogP contribution in [-0.4, -0.2) is 70.5 Å². The molecule has 3 aromatic rings. The summed E-state index contributed by atoms with van der Waals surface area (Å²) in [5, 5.41) is 10.00. The lowest BCUT2D eigenvalue weighted by Crippen LogP contribution is -2.46. The lowest BCUT2D eigenvalue weighted by atomic mass is 10.0. The van der Waals surface area contributed by atoms with E-state index in [9.17, 15) is 22.4 Å². The van der Waals surface area contributed by atoms with Gasteiger partial charge in [-0.3, -0.25) is 9.78 Å². The van der Waals surface area contributed by atoms with Crippen LogP contribution in [0.4, 0.5) is 23.4 Å². The first-order valence-corrected chi connectivity index (χ1v) is 11.0. The van der Waals surface area contributed by atoms with E-state index < -0.39 is 24.8 Å². The summed E-state index contributed by atoms with van der Waals surface area (Å²) in [5.74, 6) is 5.35. The molecular weight excluding hydrogens is 464 g/mol. The highest BCUT2D eigenvalue weighted by Gasteiger charge is 2.32. The van der Waals surface area contributed by atoms with Crippen LogP contribution in [0.25, 0.3) is 5.52 Å². The molecule has 35 heavy (non-hydrogen) atoms. The van der Waals surface area contributed by atoms with Gasteiger partial charge < -0.3 is 15.5 Å². The van der Waals surface area contributed by atoms with Gasteiger partial charge in [0.05, 0.1) is 24.5 Å². The third-order valence-corrected chi connectivity index (χ3v) is 5.70. The lowest BCUT2D eigenvalue weighted by Gasteiger charge is -2.33. The third kappa shape index (κ3) is 6.08. The summed E-state index contributed by atoms with van der Waals surface area (Å²) in [6, 6.07) is 7.37. The van der Waals surface area contributed by atoms with Crippen molar-refractivity contribution in [3.63, 3.8) is 0 Å². The minimum atomic E-state index is -4.48. The lowest BCUT2D eigenvalue weighted by molar-refractivity contribution is -0.127. The topological polar surface area (TPSA) is 74.6 Å². The fraction of sp³-hybridized carbons (Fsp3) is 0.375. The van der Waals surface area contributed by atoms with E-state index >= 15 is 0 Å². The minimum Gasteiger partial charge on any atom is -0.364 e. The zero-order valence-electron chi connectivity index (χ0n) is 18.9. The van der Waals surface area contributed by atoms with Crippen LogP contribution < -0.4 is 10.6 Å². The minimum absolute atomic E-state index is 0.0464. The molecule has 0 bridgehead atoms. The van der Waals surface area contributed by atoms with Crippen molar-refractivity contribution in [2.75, 3.05) is 32.0 Å². The van der Waals surface area contributed by atoms with Gasteiger partial charge in [-0.15, -0.1) is 0 Å². The number of anilines is 1. The first-order chi connectivity index (χ1) is 16.7. The van der Waals surface area contributed by atoms with E-state index in [2.05, 4.69) is 32.6 Å². The molecule has 1 amide bonds. The number of likely N-dealkylation sites (tertiary alicyclic amines) is 1. The Morgan fingerprint density at radius 3 is 2.71 bits per heavy atom. The van der Waals surface area contributed by atoms with E-state index in [1.54, 1.807) is 12.1 Å². The Bertz CT molecular complexity index is 1250. The fourth-order valence-corrected chi connectivity index (χ4v) is 3.97. The van der Waals surface area contributed by atoms with Gasteiger partial charge in [0.25, 0.3) is 5.91 Å². The number of aromatic nitrogens is 3. The molecule has 0 aromatic carbocycles. The molecule has 2 N–H and O–H groups in total. The highest BCUT2D eigenvalue weighted by molar-refractivity contribution is 5.94. The molecule has 0 unspecified atom stereocenters. The van der Waals surface area contributed by atoms with Crippen LogP contribution in [-0.2, 0) is 6.42 Å². The summed E-state index contributed by atoms with van der Waals surface area (Å²) in [7, 11) is 1.84. The summed E-state index contributed by atoms with van der Waals surface area (Å²) < 4.78 is 55.9. The molecule has 4 heterocycles. The molecular formula is C24H24F4N6O. The smallest absolute Gasteiger partial charge is 0.364 e. The molecule has 2 atom stereocenters. The molecule has 1 fully saturated rings. The van der Waals surface area contributed by atoms with Crippen LogP contribution in [0, 0.1) is 11.8 Å². The van der Waals surface area contributed by atoms with Gasteiger partial charge in [0.15, 0.2) is 0 Å². The fourth-order valence-electron chi connectivity index (χ4n) is 3.97. The van der Waals surface area contributed by atoms with Gasteiger partial charge in [0.1, 0.15) is 17.7 Å². The van der Waals surface area contributed by atoms with Crippen molar-refractivity contribution in [1.29, 1.82) is 0 Å².